The van der Waals surface area contributed by atoms with Crippen LogP contribution in [-0.4, -0.2) is 29.2 Å². The molecule has 2 atom stereocenters. The summed E-state index contributed by atoms with van der Waals surface area (Å²) in [5.74, 6) is 0.271. The van der Waals surface area contributed by atoms with Crippen molar-refractivity contribution in [1.29, 1.82) is 0 Å². The second kappa shape index (κ2) is 5.40. The topological polar surface area (TPSA) is 78.0 Å². The molecule has 2 rings (SSSR count). The second-order valence-electron chi connectivity index (χ2n) is 4.91. The summed E-state index contributed by atoms with van der Waals surface area (Å²) in [6.45, 7) is 2.84. The molecular formula is C12H21N3O2S. The number of aromatic nitrogens is 2. The highest BCUT2D eigenvalue weighted by Crippen LogP contribution is 2.29. The summed E-state index contributed by atoms with van der Waals surface area (Å²) < 4.78 is 26.0. The zero-order valence-electron chi connectivity index (χ0n) is 10.7. The Balaban J connectivity index is 2.24. The largest absolute Gasteiger partial charge is 0.322 e. The average molecular weight is 271 g/mol. The van der Waals surface area contributed by atoms with Gasteiger partial charge in [0.25, 0.3) is 0 Å². The van der Waals surface area contributed by atoms with Gasteiger partial charge in [0.2, 0.25) is 0 Å². The molecule has 0 aromatic carbocycles. The molecule has 1 aliphatic rings. The summed E-state index contributed by atoms with van der Waals surface area (Å²) >= 11 is 0. The van der Waals surface area contributed by atoms with Crippen LogP contribution in [-0.2, 0) is 16.4 Å². The third-order valence-electron chi connectivity index (χ3n) is 3.56. The Hall–Kier alpha value is -0.880. The van der Waals surface area contributed by atoms with Crippen LogP contribution in [0.4, 0.5) is 0 Å². The molecule has 0 radical (unpaired) electrons. The number of hydrogen-bond donors (Lipinski definition) is 1. The van der Waals surface area contributed by atoms with E-state index in [1.807, 2.05) is 10.7 Å². The molecule has 0 aliphatic carbocycles. The van der Waals surface area contributed by atoms with E-state index in [1.54, 1.807) is 6.20 Å². The van der Waals surface area contributed by atoms with Crippen molar-refractivity contribution in [2.24, 2.45) is 5.73 Å². The van der Waals surface area contributed by atoms with E-state index in [0.717, 1.165) is 31.5 Å². The number of hydrogen-bond acceptors (Lipinski definition) is 4. The first kappa shape index (κ1) is 13.5. The van der Waals surface area contributed by atoms with Crippen LogP contribution in [0, 0.1) is 0 Å². The van der Waals surface area contributed by atoms with Crippen LogP contribution in [0.3, 0.4) is 0 Å². The molecule has 0 spiro atoms. The summed E-state index contributed by atoms with van der Waals surface area (Å²) in [4.78, 5) is 0. The molecule has 5 nitrogen and oxygen atoms in total. The highest BCUT2D eigenvalue weighted by molar-refractivity contribution is 7.92. The number of sulfone groups is 1. The van der Waals surface area contributed by atoms with E-state index < -0.39 is 21.1 Å². The second-order valence-corrected chi connectivity index (χ2v) is 7.25. The van der Waals surface area contributed by atoms with E-state index >= 15 is 0 Å². The molecule has 0 amide bonds. The van der Waals surface area contributed by atoms with Crippen LogP contribution >= 0.6 is 0 Å². The van der Waals surface area contributed by atoms with Crippen LogP contribution in [0.5, 0.6) is 0 Å². The molecule has 1 saturated heterocycles. The molecule has 18 heavy (non-hydrogen) atoms. The van der Waals surface area contributed by atoms with Gasteiger partial charge in [-0.25, -0.2) is 8.42 Å². The molecule has 6 heteroatoms. The summed E-state index contributed by atoms with van der Waals surface area (Å²) in [5, 5.41) is 3.77. The molecule has 1 aromatic rings. The van der Waals surface area contributed by atoms with Crippen molar-refractivity contribution < 1.29 is 8.42 Å². The third-order valence-corrected chi connectivity index (χ3v) is 5.86. The molecule has 102 valence electrons. The van der Waals surface area contributed by atoms with Gasteiger partial charge < -0.3 is 5.73 Å². The maximum absolute atomic E-state index is 12.1. The average Bonchev–Trinajstić information content (AvgIpc) is 2.76. The number of aryl methyl sites for hydroxylation is 1. The lowest BCUT2D eigenvalue weighted by Crippen LogP contribution is -2.38. The SMILES string of the molecule is CCCn1nccc1C(N)C1CCCCS1(=O)=O. The molecular weight excluding hydrogens is 250 g/mol. The van der Waals surface area contributed by atoms with Gasteiger partial charge in [-0.3, -0.25) is 4.68 Å². The van der Waals surface area contributed by atoms with Crippen LogP contribution in [0.15, 0.2) is 12.3 Å². The van der Waals surface area contributed by atoms with Crippen molar-refractivity contribution >= 4 is 9.84 Å². The van der Waals surface area contributed by atoms with Crippen molar-refractivity contribution in [1.82, 2.24) is 9.78 Å². The lowest BCUT2D eigenvalue weighted by atomic mass is 10.1. The van der Waals surface area contributed by atoms with Gasteiger partial charge in [-0.2, -0.15) is 5.10 Å². The van der Waals surface area contributed by atoms with Crippen LogP contribution in [0.2, 0.25) is 0 Å². The Morgan fingerprint density at radius 1 is 1.56 bits per heavy atom. The van der Waals surface area contributed by atoms with Gasteiger partial charge in [0.1, 0.15) is 0 Å². The van der Waals surface area contributed by atoms with Crippen molar-refractivity contribution in [3.8, 4) is 0 Å². The van der Waals surface area contributed by atoms with Crippen molar-refractivity contribution in [2.75, 3.05) is 5.75 Å². The Labute approximate surface area is 108 Å². The fourth-order valence-electron chi connectivity index (χ4n) is 2.60. The minimum Gasteiger partial charge on any atom is -0.322 e. The minimum absolute atomic E-state index is 0.271. The normalized spacial score (nSPS) is 24.9. The highest BCUT2D eigenvalue weighted by Gasteiger charge is 2.35. The van der Waals surface area contributed by atoms with Gasteiger partial charge in [0.15, 0.2) is 9.84 Å². The molecule has 2 N–H and O–H groups in total. The van der Waals surface area contributed by atoms with E-state index in [0.29, 0.717) is 6.42 Å². The predicted molar refractivity (Wildman–Crippen MR) is 70.9 cm³/mol. The van der Waals surface area contributed by atoms with Crippen molar-refractivity contribution in [2.45, 2.75) is 50.4 Å². The summed E-state index contributed by atoms with van der Waals surface area (Å²) in [5.41, 5.74) is 7.02. The van der Waals surface area contributed by atoms with Gasteiger partial charge >= 0.3 is 0 Å². The predicted octanol–water partition coefficient (Wildman–Crippen LogP) is 1.26. The monoisotopic (exact) mass is 271 g/mol. The zero-order valence-corrected chi connectivity index (χ0v) is 11.6. The molecule has 1 aliphatic heterocycles. The van der Waals surface area contributed by atoms with Crippen molar-refractivity contribution in [3.05, 3.63) is 18.0 Å². The van der Waals surface area contributed by atoms with Gasteiger partial charge in [0, 0.05) is 12.7 Å². The Morgan fingerprint density at radius 2 is 2.33 bits per heavy atom. The van der Waals surface area contributed by atoms with Crippen LogP contribution in [0.25, 0.3) is 0 Å². The lowest BCUT2D eigenvalue weighted by Gasteiger charge is -2.27. The van der Waals surface area contributed by atoms with Gasteiger partial charge in [-0.05, 0) is 25.3 Å². The molecule has 2 heterocycles. The minimum atomic E-state index is -3.05. The smallest absolute Gasteiger partial charge is 0.155 e. The highest BCUT2D eigenvalue weighted by atomic mass is 32.2. The Morgan fingerprint density at radius 3 is 3.00 bits per heavy atom. The van der Waals surface area contributed by atoms with E-state index in [1.165, 1.54) is 0 Å². The van der Waals surface area contributed by atoms with Gasteiger partial charge in [-0.15, -0.1) is 0 Å². The molecule has 0 saturated carbocycles. The Kier molecular flexibility index (Phi) is 4.07. The van der Waals surface area contributed by atoms with Crippen molar-refractivity contribution in [3.63, 3.8) is 0 Å². The van der Waals surface area contributed by atoms with E-state index in [-0.39, 0.29) is 5.75 Å². The molecule has 0 bridgehead atoms. The molecule has 2 unspecified atom stereocenters. The maximum atomic E-state index is 12.1. The van der Waals surface area contributed by atoms with Crippen LogP contribution < -0.4 is 5.73 Å². The molecule has 1 fully saturated rings. The lowest BCUT2D eigenvalue weighted by molar-refractivity contribution is 0.475. The zero-order chi connectivity index (χ0) is 13.2. The van der Waals surface area contributed by atoms with Gasteiger partial charge in [0.05, 0.1) is 22.7 Å². The summed E-state index contributed by atoms with van der Waals surface area (Å²) in [6.07, 6.45) is 5.03. The fraction of sp³-hybridized carbons (Fsp3) is 0.750. The summed E-state index contributed by atoms with van der Waals surface area (Å²) in [7, 11) is -3.05. The van der Waals surface area contributed by atoms with Gasteiger partial charge in [-0.1, -0.05) is 13.3 Å². The maximum Gasteiger partial charge on any atom is 0.155 e. The summed E-state index contributed by atoms with van der Waals surface area (Å²) in [6, 6.07) is 1.38. The van der Waals surface area contributed by atoms with E-state index in [2.05, 4.69) is 12.0 Å². The standard InChI is InChI=1S/C12H21N3O2S/c1-2-8-15-10(6-7-14-15)12(13)11-5-3-4-9-18(11,16)17/h6-7,11-12H,2-5,8-9,13H2,1H3. The molecule has 1 aromatic heterocycles. The third kappa shape index (κ3) is 2.59. The van der Waals surface area contributed by atoms with Crippen LogP contribution in [0.1, 0.15) is 44.3 Å². The Bertz CT molecular complexity index is 495. The number of nitrogens with two attached hydrogens (primary N) is 1. The van der Waals surface area contributed by atoms with E-state index in [4.69, 9.17) is 5.73 Å². The first-order valence-corrected chi connectivity index (χ1v) is 8.26. The first-order valence-electron chi connectivity index (χ1n) is 6.55. The quantitative estimate of drug-likeness (QED) is 0.894. The first-order chi connectivity index (χ1) is 8.56. The fourth-order valence-corrected chi connectivity index (χ4v) is 4.62. The number of rotatable bonds is 4. The number of nitrogens with zero attached hydrogens (tertiary/aromatic N) is 2. The van der Waals surface area contributed by atoms with E-state index in [9.17, 15) is 8.42 Å².